The van der Waals surface area contributed by atoms with Gasteiger partial charge in [-0.2, -0.15) is 0 Å². The van der Waals surface area contributed by atoms with E-state index in [0.717, 1.165) is 10.6 Å². The number of carbonyl (C=O) groups is 1. The van der Waals surface area contributed by atoms with E-state index in [4.69, 9.17) is 0 Å². The quantitative estimate of drug-likeness (QED) is 0.815. The Labute approximate surface area is 123 Å². The molecule has 2 rings (SSSR count). The van der Waals surface area contributed by atoms with Gasteiger partial charge in [-0.3, -0.25) is 9.10 Å². The van der Waals surface area contributed by atoms with Gasteiger partial charge in [-0.15, -0.1) is 0 Å². The van der Waals surface area contributed by atoms with Crippen LogP contribution in [0.5, 0.6) is 0 Å². The summed E-state index contributed by atoms with van der Waals surface area (Å²) in [5.41, 5.74) is 0.728. The molecule has 1 aromatic carbocycles. The Morgan fingerprint density at radius 2 is 1.86 bits per heavy atom. The molecule has 0 bridgehead atoms. The van der Waals surface area contributed by atoms with E-state index in [1.54, 1.807) is 18.2 Å². The van der Waals surface area contributed by atoms with E-state index in [0.29, 0.717) is 11.3 Å². The van der Waals surface area contributed by atoms with Crippen molar-refractivity contribution in [2.45, 2.75) is 5.92 Å². The summed E-state index contributed by atoms with van der Waals surface area (Å²) in [4.78, 5) is 11.2. The molecule has 1 unspecified atom stereocenters. The van der Waals surface area contributed by atoms with Crippen molar-refractivity contribution in [3.63, 3.8) is 0 Å². The molecular formula is C12H15NO6S2. The second-order valence-electron chi connectivity index (χ2n) is 4.93. The first kappa shape index (κ1) is 15.8. The smallest absolute Gasteiger partial charge is 0.312 e. The molecule has 0 aromatic heterocycles. The molecule has 0 fully saturated rings. The van der Waals surface area contributed by atoms with Gasteiger partial charge in [0.05, 0.1) is 23.7 Å². The van der Waals surface area contributed by atoms with Crippen molar-refractivity contribution in [2.75, 3.05) is 28.6 Å². The van der Waals surface area contributed by atoms with Gasteiger partial charge < -0.3 is 5.11 Å². The number of carboxylic acids is 1. The van der Waals surface area contributed by atoms with Crippen molar-refractivity contribution >= 4 is 31.5 Å². The van der Waals surface area contributed by atoms with Gasteiger partial charge in [0.2, 0.25) is 10.0 Å². The highest BCUT2D eigenvalue weighted by Crippen LogP contribution is 2.38. The number of sulfone groups is 1. The Morgan fingerprint density at radius 1 is 1.24 bits per heavy atom. The highest BCUT2D eigenvalue weighted by atomic mass is 32.2. The molecule has 21 heavy (non-hydrogen) atoms. The molecule has 1 aliphatic rings. The number of rotatable bonds is 5. The maximum Gasteiger partial charge on any atom is 0.312 e. The molecular weight excluding hydrogens is 318 g/mol. The van der Waals surface area contributed by atoms with Gasteiger partial charge in [-0.05, 0) is 11.6 Å². The minimum absolute atomic E-state index is 0.208. The van der Waals surface area contributed by atoms with Crippen LogP contribution in [-0.2, 0) is 24.7 Å². The molecule has 0 amide bonds. The predicted molar refractivity (Wildman–Crippen MR) is 77.7 cm³/mol. The molecule has 0 spiro atoms. The summed E-state index contributed by atoms with van der Waals surface area (Å²) in [6.07, 6.45) is 0.959. The lowest BCUT2D eigenvalue weighted by atomic mass is 10.0. The highest BCUT2D eigenvalue weighted by Gasteiger charge is 2.39. The van der Waals surface area contributed by atoms with Gasteiger partial charge in [0.15, 0.2) is 0 Å². The average Bonchev–Trinajstić information content (AvgIpc) is 2.76. The fourth-order valence-electron chi connectivity index (χ4n) is 2.21. The second-order valence-corrected chi connectivity index (χ2v) is 9.20. The molecule has 9 heteroatoms. The topological polar surface area (TPSA) is 109 Å². The van der Waals surface area contributed by atoms with Gasteiger partial charge >= 0.3 is 5.97 Å². The van der Waals surface area contributed by atoms with E-state index in [1.165, 1.54) is 6.07 Å². The van der Waals surface area contributed by atoms with Crippen LogP contribution in [0.25, 0.3) is 0 Å². The predicted octanol–water partition coefficient (Wildman–Crippen LogP) is 0.0492. The van der Waals surface area contributed by atoms with Crippen LogP contribution in [0.1, 0.15) is 11.5 Å². The number of sulfonamides is 1. The maximum atomic E-state index is 12.3. The largest absolute Gasteiger partial charge is 0.481 e. The van der Waals surface area contributed by atoms with Gasteiger partial charge in [-0.25, -0.2) is 16.8 Å². The number of hydrogen-bond acceptors (Lipinski definition) is 5. The van der Waals surface area contributed by atoms with Gasteiger partial charge in [-0.1, -0.05) is 18.2 Å². The van der Waals surface area contributed by atoms with Crippen LogP contribution in [0.2, 0.25) is 0 Å². The average molecular weight is 333 g/mol. The molecule has 1 aliphatic heterocycles. The number of fused-ring (bicyclic) bond motifs is 1. The van der Waals surface area contributed by atoms with E-state index < -0.39 is 43.3 Å². The van der Waals surface area contributed by atoms with Gasteiger partial charge in [0.1, 0.15) is 15.8 Å². The number of hydrogen-bond donors (Lipinski definition) is 1. The maximum absolute atomic E-state index is 12.3. The Morgan fingerprint density at radius 3 is 2.43 bits per heavy atom. The van der Waals surface area contributed by atoms with E-state index >= 15 is 0 Å². The highest BCUT2D eigenvalue weighted by molar-refractivity contribution is 7.95. The van der Waals surface area contributed by atoms with Crippen molar-refractivity contribution in [1.29, 1.82) is 0 Å². The molecule has 1 atom stereocenters. The molecule has 7 nitrogen and oxygen atoms in total. The standard InChI is InChI=1S/C12H15NO6S2/c1-20(16,17)6-7-21(18,19)13-8-10(12(14)15)9-4-2-3-5-11(9)13/h2-5,10H,6-8H2,1H3,(H,14,15). The molecule has 0 radical (unpaired) electrons. The Balaban J connectivity index is 2.36. The third-order valence-electron chi connectivity index (χ3n) is 3.28. The second kappa shape index (κ2) is 5.30. The molecule has 1 aromatic rings. The molecule has 0 aliphatic carbocycles. The summed E-state index contributed by atoms with van der Waals surface area (Å²) in [5, 5.41) is 9.19. The Bertz CT molecular complexity index is 769. The third-order valence-corrected chi connectivity index (χ3v) is 6.22. The molecule has 1 N–H and O–H groups in total. The van der Waals surface area contributed by atoms with Gasteiger partial charge in [0.25, 0.3) is 0 Å². The lowest BCUT2D eigenvalue weighted by molar-refractivity contribution is -0.138. The number of para-hydroxylation sites is 1. The van der Waals surface area contributed by atoms with Crippen molar-refractivity contribution in [1.82, 2.24) is 0 Å². The SMILES string of the molecule is CS(=O)(=O)CCS(=O)(=O)N1CC(C(=O)O)c2ccccc21. The van der Waals surface area contributed by atoms with Crippen LogP contribution in [-0.4, -0.2) is 52.2 Å². The lowest BCUT2D eigenvalue weighted by Crippen LogP contribution is -2.35. The van der Waals surface area contributed by atoms with Crippen LogP contribution in [0.3, 0.4) is 0 Å². The molecule has 0 saturated heterocycles. The van der Waals surface area contributed by atoms with E-state index in [2.05, 4.69) is 0 Å². The zero-order chi connectivity index (χ0) is 15.8. The Kier molecular flexibility index (Phi) is 3.98. The van der Waals surface area contributed by atoms with Crippen molar-refractivity contribution < 1.29 is 26.7 Å². The zero-order valence-corrected chi connectivity index (χ0v) is 12.9. The van der Waals surface area contributed by atoms with Crippen LogP contribution in [0, 0.1) is 0 Å². The first-order valence-electron chi connectivity index (χ1n) is 6.12. The monoisotopic (exact) mass is 333 g/mol. The van der Waals surface area contributed by atoms with Crippen LogP contribution >= 0.6 is 0 Å². The summed E-state index contributed by atoms with van der Waals surface area (Å²) >= 11 is 0. The fourth-order valence-corrected chi connectivity index (χ4v) is 5.33. The molecule has 0 saturated carbocycles. The third kappa shape index (κ3) is 3.35. The normalized spacial score (nSPS) is 18.5. The number of aliphatic carboxylic acids is 1. The Hall–Kier alpha value is -1.61. The number of benzene rings is 1. The van der Waals surface area contributed by atoms with Gasteiger partial charge in [0, 0.05) is 6.26 Å². The van der Waals surface area contributed by atoms with Crippen LogP contribution in [0.15, 0.2) is 24.3 Å². The molecule has 1 heterocycles. The van der Waals surface area contributed by atoms with E-state index in [1.807, 2.05) is 0 Å². The minimum atomic E-state index is -3.88. The first-order chi connectivity index (χ1) is 9.62. The summed E-state index contributed by atoms with van der Waals surface area (Å²) < 4.78 is 47.8. The lowest BCUT2D eigenvalue weighted by Gasteiger charge is -2.19. The zero-order valence-electron chi connectivity index (χ0n) is 11.3. The fraction of sp³-hybridized carbons (Fsp3) is 0.417. The number of carboxylic acid groups (broad SMARTS) is 1. The first-order valence-corrected chi connectivity index (χ1v) is 9.79. The summed E-state index contributed by atoms with van der Waals surface area (Å²) in [6, 6.07) is 6.35. The van der Waals surface area contributed by atoms with Crippen molar-refractivity contribution in [2.24, 2.45) is 0 Å². The van der Waals surface area contributed by atoms with Crippen molar-refractivity contribution in [3.8, 4) is 0 Å². The van der Waals surface area contributed by atoms with E-state index in [9.17, 15) is 26.7 Å². The molecule has 116 valence electrons. The number of anilines is 1. The van der Waals surface area contributed by atoms with Crippen LogP contribution < -0.4 is 4.31 Å². The summed E-state index contributed by atoms with van der Waals surface area (Å²) in [7, 11) is -7.30. The summed E-state index contributed by atoms with van der Waals surface area (Å²) in [6.45, 7) is -0.208. The minimum Gasteiger partial charge on any atom is -0.481 e. The summed E-state index contributed by atoms with van der Waals surface area (Å²) in [5.74, 6) is -3.10. The van der Waals surface area contributed by atoms with E-state index in [-0.39, 0.29) is 6.54 Å². The van der Waals surface area contributed by atoms with Crippen LogP contribution in [0.4, 0.5) is 5.69 Å². The van der Waals surface area contributed by atoms with Crippen molar-refractivity contribution in [3.05, 3.63) is 29.8 Å². The number of nitrogens with zero attached hydrogens (tertiary/aromatic N) is 1.